The number of hydrogen-bond donors (Lipinski definition) is 2. The molecular formula is C19H26N2. The van der Waals surface area contributed by atoms with Gasteiger partial charge in [0.2, 0.25) is 0 Å². The van der Waals surface area contributed by atoms with Gasteiger partial charge in [-0.3, -0.25) is 0 Å². The van der Waals surface area contributed by atoms with Crippen molar-refractivity contribution in [3.63, 3.8) is 0 Å². The maximum absolute atomic E-state index is 6.24. The number of hydrogen-bond acceptors (Lipinski definition) is 2. The average molecular weight is 282 g/mol. The molecule has 0 saturated carbocycles. The molecule has 2 aromatic rings. The first-order valence-corrected chi connectivity index (χ1v) is 7.58. The maximum atomic E-state index is 6.24. The van der Waals surface area contributed by atoms with Gasteiger partial charge in [-0.2, -0.15) is 0 Å². The van der Waals surface area contributed by atoms with Crippen molar-refractivity contribution in [1.82, 2.24) is 0 Å². The second-order valence-electron chi connectivity index (χ2n) is 6.67. The molecule has 2 rings (SSSR count). The van der Waals surface area contributed by atoms with Gasteiger partial charge in [0, 0.05) is 18.3 Å². The first-order chi connectivity index (χ1) is 9.97. The van der Waals surface area contributed by atoms with Crippen LogP contribution in [0.25, 0.3) is 0 Å². The van der Waals surface area contributed by atoms with Gasteiger partial charge in [0.1, 0.15) is 0 Å². The highest BCUT2D eigenvalue weighted by Crippen LogP contribution is 2.21. The van der Waals surface area contributed by atoms with E-state index >= 15 is 0 Å². The van der Waals surface area contributed by atoms with Gasteiger partial charge in [-0.15, -0.1) is 0 Å². The predicted octanol–water partition coefficient (Wildman–Crippen LogP) is 4.06. The van der Waals surface area contributed by atoms with Gasteiger partial charge in [-0.1, -0.05) is 69.3 Å². The number of anilines is 1. The van der Waals surface area contributed by atoms with E-state index in [2.05, 4.69) is 80.7 Å². The molecule has 3 N–H and O–H groups in total. The maximum Gasteiger partial charge on any atom is 0.0376 e. The standard InChI is InChI=1S/C19H26N2/c1-19(2,3)18(20)14-21-17-12-8-7-11-16(17)13-15-9-5-4-6-10-15/h4-12,18,21H,13-14,20H2,1-3H3. The van der Waals surface area contributed by atoms with E-state index in [0.717, 1.165) is 13.0 Å². The summed E-state index contributed by atoms with van der Waals surface area (Å²) in [4.78, 5) is 0. The van der Waals surface area contributed by atoms with Crippen molar-refractivity contribution in [2.75, 3.05) is 11.9 Å². The molecule has 1 unspecified atom stereocenters. The highest BCUT2D eigenvalue weighted by atomic mass is 14.9. The van der Waals surface area contributed by atoms with E-state index in [-0.39, 0.29) is 11.5 Å². The first kappa shape index (κ1) is 15.6. The lowest BCUT2D eigenvalue weighted by molar-refractivity contribution is 0.331. The van der Waals surface area contributed by atoms with Crippen molar-refractivity contribution in [3.05, 3.63) is 65.7 Å². The molecule has 0 aliphatic rings. The van der Waals surface area contributed by atoms with Gasteiger partial charge in [0.15, 0.2) is 0 Å². The second-order valence-corrected chi connectivity index (χ2v) is 6.67. The molecule has 0 heterocycles. The largest absolute Gasteiger partial charge is 0.383 e. The zero-order chi connectivity index (χ0) is 15.3. The lowest BCUT2D eigenvalue weighted by Gasteiger charge is -2.28. The Bertz CT molecular complexity index is 555. The highest BCUT2D eigenvalue weighted by Gasteiger charge is 2.20. The summed E-state index contributed by atoms with van der Waals surface area (Å²) >= 11 is 0. The molecule has 0 bridgehead atoms. The van der Waals surface area contributed by atoms with Crippen LogP contribution in [0.5, 0.6) is 0 Å². The number of benzene rings is 2. The van der Waals surface area contributed by atoms with E-state index < -0.39 is 0 Å². The van der Waals surface area contributed by atoms with Crippen LogP contribution in [0.3, 0.4) is 0 Å². The van der Waals surface area contributed by atoms with Crippen molar-refractivity contribution in [2.24, 2.45) is 11.1 Å². The summed E-state index contributed by atoms with van der Waals surface area (Å²) in [6, 6.07) is 19.1. The zero-order valence-corrected chi connectivity index (χ0v) is 13.3. The van der Waals surface area contributed by atoms with E-state index in [1.165, 1.54) is 16.8 Å². The summed E-state index contributed by atoms with van der Waals surface area (Å²) in [5.74, 6) is 0. The van der Waals surface area contributed by atoms with Gasteiger partial charge >= 0.3 is 0 Å². The Hall–Kier alpha value is -1.80. The number of para-hydroxylation sites is 1. The van der Waals surface area contributed by atoms with Crippen LogP contribution in [0.4, 0.5) is 5.69 Å². The third-order valence-electron chi connectivity index (χ3n) is 3.88. The third-order valence-corrected chi connectivity index (χ3v) is 3.88. The molecule has 0 radical (unpaired) electrons. The molecule has 0 aromatic heterocycles. The molecule has 2 heteroatoms. The van der Waals surface area contributed by atoms with Crippen LogP contribution in [0, 0.1) is 5.41 Å². The van der Waals surface area contributed by atoms with Gasteiger partial charge in [0.25, 0.3) is 0 Å². The second kappa shape index (κ2) is 6.77. The normalized spacial score (nSPS) is 13.0. The zero-order valence-electron chi connectivity index (χ0n) is 13.3. The lowest BCUT2D eigenvalue weighted by atomic mass is 9.87. The van der Waals surface area contributed by atoms with Gasteiger partial charge in [0.05, 0.1) is 0 Å². The molecule has 0 fully saturated rings. The Balaban J connectivity index is 2.07. The molecule has 0 saturated heterocycles. The molecular weight excluding hydrogens is 256 g/mol. The monoisotopic (exact) mass is 282 g/mol. The number of nitrogens with two attached hydrogens (primary N) is 1. The number of rotatable bonds is 5. The summed E-state index contributed by atoms with van der Waals surface area (Å²) in [5.41, 5.74) is 10.2. The Kier molecular flexibility index (Phi) is 5.03. The van der Waals surface area contributed by atoms with Crippen LogP contribution in [-0.2, 0) is 6.42 Å². The Labute approximate surface area is 128 Å². The van der Waals surface area contributed by atoms with Crippen molar-refractivity contribution in [3.8, 4) is 0 Å². The molecule has 0 aliphatic heterocycles. The van der Waals surface area contributed by atoms with Crippen LogP contribution >= 0.6 is 0 Å². The van der Waals surface area contributed by atoms with Crippen molar-refractivity contribution >= 4 is 5.69 Å². The minimum atomic E-state index is 0.112. The smallest absolute Gasteiger partial charge is 0.0376 e. The van der Waals surface area contributed by atoms with Gasteiger partial charge in [-0.05, 0) is 29.0 Å². The van der Waals surface area contributed by atoms with E-state index in [1.807, 2.05) is 0 Å². The summed E-state index contributed by atoms with van der Waals surface area (Å²) in [7, 11) is 0. The SMILES string of the molecule is CC(C)(C)C(N)CNc1ccccc1Cc1ccccc1. The predicted molar refractivity (Wildman–Crippen MR) is 91.6 cm³/mol. The fourth-order valence-electron chi connectivity index (χ4n) is 2.19. The molecule has 0 aliphatic carbocycles. The first-order valence-electron chi connectivity index (χ1n) is 7.58. The molecule has 112 valence electrons. The van der Waals surface area contributed by atoms with E-state index in [4.69, 9.17) is 5.73 Å². The van der Waals surface area contributed by atoms with E-state index in [1.54, 1.807) is 0 Å². The Morgan fingerprint density at radius 2 is 1.57 bits per heavy atom. The van der Waals surface area contributed by atoms with Crippen LogP contribution in [0.15, 0.2) is 54.6 Å². The van der Waals surface area contributed by atoms with Gasteiger partial charge in [-0.25, -0.2) is 0 Å². The summed E-state index contributed by atoms with van der Waals surface area (Å²) in [6.07, 6.45) is 0.939. The molecule has 21 heavy (non-hydrogen) atoms. The number of nitrogens with one attached hydrogen (secondary N) is 1. The quantitative estimate of drug-likeness (QED) is 0.868. The molecule has 1 atom stereocenters. The van der Waals surface area contributed by atoms with Gasteiger partial charge < -0.3 is 11.1 Å². The lowest BCUT2D eigenvalue weighted by Crippen LogP contribution is -2.40. The van der Waals surface area contributed by atoms with Crippen LogP contribution < -0.4 is 11.1 Å². The van der Waals surface area contributed by atoms with Crippen molar-refractivity contribution in [2.45, 2.75) is 33.2 Å². The van der Waals surface area contributed by atoms with Crippen LogP contribution in [-0.4, -0.2) is 12.6 Å². The molecule has 2 nitrogen and oxygen atoms in total. The molecule has 2 aromatic carbocycles. The average Bonchev–Trinajstić information content (AvgIpc) is 2.46. The van der Waals surface area contributed by atoms with Crippen LogP contribution in [0.2, 0.25) is 0 Å². The molecule has 0 spiro atoms. The third kappa shape index (κ3) is 4.61. The van der Waals surface area contributed by atoms with E-state index in [0.29, 0.717) is 0 Å². The fraction of sp³-hybridized carbons (Fsp3) is 0.368. The van der Waals surface area contributed by atoms with Crippen LogP contribution in [0.1, 0.15) is 31.9 Å². The topological polar surface area (TPSA) is 38.0 Å². The Morgan fingerprint density at radius 3 is 2.24 bits per heavy atom. The Morgan fingerprint density at radius 1 is 0.952 bits per heavy atom. The summed E-state index contributed by atoms with van der Waals surface area (Å²) < 4.78 is 0. The minimum Gasteiger partial charge on any atom is -0.383 e. The summed E-state index contributed by atoms with van der Waals surface area (Å²) in [5, 5.41) is 3.51. The molecule has 0 amide bonds. The minimum absolute atomic E-state index is 0.112. The highest BCUT2D eigenvalue weighted by molar-refractivity contribution is 5.53. The fourth-order valence-corrected chi connectivity index (χ4v) is 2.19. The summed E-state index contributed by atoms with van der Waals surface area (Å²) in [6.45, 7) is 7.31. The van der Waals surface area contributed by atoms with Crippen molar-refractivity contribution < 1.29 is 0 Å². The van der Waals surface area contributed by atoms with E-state index in [9.17, 15) is 0 Å². The van der Waals surface area contributed by atoms with Crippen molar-refractivity contribution in [1.29, 1.82) is 0 Å².